The van der Waals surface area contributed by atoms with Crippen molar-refractivity contribution in [2.24, 2.45) is 0 Å². The molecule has 0 aliphatic heterocycles. The molecule has 0 aromatic rings. The maximum absolute atomic E-state index is 12.1. The lowest BCUT2D eigenvalue weighted by atomic mass is 10.4. The molecule has 0 aliphatic rings. The summed E-state index contributed by atoms with van der Waals surface area (Å²) in [5.41, 5.74) is 0. The molecule has 0 fully saturated rings. The van der Waals surface area contributed by atoms with Gasteiger partial charge < -0.3 is 10.1 Å². The predicted molar refractivity (Wildman–Crippen MR) is 40.1 cm³/mol. The SMILES string of the molecule is CC(=O)OCCNCC(C)(F)F. The van der Waals surface area contributed by atoms with Gasteiger partial charge in [-0.2, -0.15) is 0 Å². The molecular weight excluding hydrogens is 168 g/mol. The summed E-state index contributed by atoms with van der Waals surface area (Å²) in [5, 5.41) is 2.45. The van der Waals surface area contributed by atoms with Gasteiger partial charge >= 0.3 is 5.97 Å². The molecule has 1 N–H and O–H groups in total. The fourth-order valence-corrected chi connectivity index (χ4v) is 0.575. The van der Waals surface area contributed by atoms with Gasteiger partial charge in [-0.15, -0.1) is 0 Å². The summed E-state index contributed by atoms with van der Waals surface area (Å²) in [7, 11) is 0. The van der Waals surface area contributed by atoms with E-state index in [1.165, 1.54) is 6.92 Å². The summed E-state index contributed by atoms with van der Waals surface area (Å²) < 4.78 is 28.8. The summed E-state index contributed by atoms with van der Waals surface area (Å²) >= 11 is 0. The molecule has 0 aromatic carbocycles. The number of ether oxygens (including phenoxy) is 1. The second-order valence-corrected chi connectivity index (χ2v) is 2.59. The maximum atomic E-state index is 12.1. The van der Waals surface area contributed by atoms with Crippen molar-refractivity contribution in [3.8, 4) is 0 Å². The number of esters is 1. The van der Waals surface area contributed by atoms with Crippen LogP contribution >= 0.6 is 0 Å². The molecule has 0 radical (unpaired) electrons. The lowest BCUT2D eigenvalue weighted by Crippen LogP contribution is -2.32. The van der Waals surface area contributed by atoms with E-state index in [2.05, 4.69) is 10.1 Å². The third-order valence-corrected chi connectivity index (χ3v) is 1.02. The summed E-state index contributed by atoms with van der Waals surface area (Å²) in [6, 6.07) is 0. The predicted octanol–water partition coefficient (Wildman–Crippen LogP) is 0.794. The Hall–Kier alpha value is -0.710. The molecule has 0 bridgehead atoms. The van der Waals surface area contributed by atoms with E-state index >= 15 is 0 Å². The quantitative estimate of drug-likeness (QED) is 0.503. The molecule has 0 unspecified atom stereocenters. The van der Waals surface area contributed by atoms with Crippen molar-refractivity contribution < 1.29 is 18.3 Å². The summed E-state index contributed by atoms with van der Waals surface area (Å²) in [6.45, 7) is 2.09. The molecule has 0 amide bonds. The molecule has 0 atom stereocenters. The van der Waals surface area contributed by atoms with Gasteiger partial charge in [0.25, 0.3) is 5.92 Å². The van der Waals surface area contributed by atoms with Gasteiger partial charge in [0.05, 0.1) is 6.54 Å². The van der Waals surface area contributed by atoms with E-state index in [1.54, 1.807) is 0 Å². The second kappa shape index (κ2) is 5.03. The first-order valence-corrected chi connectivity index (χ1v) is 3.64. The number of rotatable bonds is 5. The van der Waals surface area contributed by atoms with E-state index in [0.29, 0.717) is 0 Å². The van der Waals surface area contributed by atoms with Crippen LogP contribution in [0.15, 0.2) is 0 Å². The van der Waals surface area contributed by atoms with Crippen molar-refractivity contribution in [1.82, 2.24) is 5.32 Å². The third kappa shape index (κ3) is 9.29. The lowest BCUT2D eigenvalue weighted by Gasteiger charge is -2.10. The fourth-order valence-electron chi connectivity index (χ4n) is 0.575. The highest BCUT2D eigenvalue weighted by Crippen LogP contribution is 2.08. The van der Waals surface area contributed by atoms with Gasteiger partial charge in [-0.25, -0.2) is 8.78 Å². The van der Waals surface area contributed by atoms with Crippen LogP contribution in [0.2, 0.25) is 0 Å². The lowest BCUT2D eigenvalue weighted by molar-refractivity contribution is -0.140. The topological polar surface area (TPSA) is 38.3 Å². The van der Waals surface area contributed by atoms with Crippen LogP contribution in [0, 0.1) is 0 Å². The molecule has 5 heteroatoms. The van der Waals surface area contributed by atoms with Gasteiger partial charge in [-0.05, 0) is 0 Å². The zero-order chi connectivity index (χ0) is 9.61. The Kier molecular flexibility index (Phi) is 4.73. The van der Waals surface area contributed by atoms with Crippen molar-refractivity contribution >= 4 is 5.97 Å². The van der Waals surface area contributed by atoms with Crippen LogP contribution in [0.1, 0.15) is 13.8 Å². The van der Waals surface area contributed by atoms with Gasteiger partial charge in [0.2, 0.25) is 0 Å². The van der Waals surface area contributed by atoms with Crippen LogP contribution in [0.4, 0.5) is 8.78 Å². The van der Waals surface area contributed by atoms with E-state index in [1.807, 2.05) is 0 Å². The molecule has 0 saturated heterocycles. The zero-order valence-corrected chi connectivity index (χ0v) is 7.19. The largest absolute Gasteiger partial charge is 0.465 e. The Labute approximate surface area is 70.1 Å². The minimum absolute atomic E-state index is 0.130. The molecule has 0 rings (SSSR count). The molecule has 0 saturated carbocycles. The highest BCUT2D eigenvalue weighted by Gasteiger charge is 2.19. The van der Waals surface area contributed by atoms with E-state index < -0.39 is 18.4 Å². The van der Waals surface area contributed by atoms with Gasteiger partial charge in [0.15, 0.2) is 0 Å². The Morgan fingerprint density at radius 1 is 1.58 bits per heavy atom. The molecule has 72 valence electrons. The zero-order valence-electron chi connectivity index (χ0n) is 7.19. The van der Waals surface area contributed by atoms with Crippen molar-refractivity contribution in [2.75, 3.05) is 19.7 Å². The minimum Gasteiger partial charge on any atom is -0.465 e. The highest BCUT2D eigenvalue weighted by atomic mass is 19.3. The van der Waals surface area contributed by atoms with E-state index in [-0.39, 0.29) is 13.2 Å². The van der Waals surface area contributed by atoms with Gasteiger partial charge in [-0.1, -0.05) is 0 Å². The first-order chi connectivity index (χ1) is 5.42. The van der Waals surface area contributed by atoms with E-state index in [9.17, 15) is 13.6 Å². The monoisotopic (exact) mass is 181 g/mol. The Morgan fingerprint density at radius 2 is 2.17 bits per heavy atom. The number of carbonyl (C=O) groups excluding carboxylic acids is 1. The van der Waals surface area contributed by atoms with Crippen molar-refractivity contribution in [1.29, 1.82) is 0 Å². The molecule has 0 spiro atoms. The molecular formula is C7H13F2NO2. The number of hydrogen-bond donors (Lipinski definition) is 1. The first-order valence-electron chi connectivity index (χ1n) is 3.64. The fraction of sp³-hybridized carbons (Fsp3) is 0.857. The molecule has 12 heavy (non-hydrogen) atoms. The number of halogens is 2. The summed E-state index contributed by atoms with van der Waals surface area (Å²) in [4.78, 5) is 10.2. The number of alkyl halides is 2. The molecule has 0 heterocycles. The summed E-state index contributed by atoms with van der Waals surface area (Å²) in [6.07, 6.45) is 0. The maximum Gasteiger partial charge on any atom is 0.302 e. The molecule has 0 aliphatic carbocycles. The van der Waals surface area contributed by atoms with Gasteiger partial charge in [0.1, 0.15) is 6.61 Å². The standard InChI is InChI=1S/C7H13F2NO2/c1-6(11)12-4-3-10-5-7(2,8)9/h10H,3-5H2,1-2H3. The average Bonchev–Trinajstić information content (AvgIpc) is 1.83. The smallest absolute Gasteiger partial charge is 0.302 e. The van der Waals surface area contributed by atoms with Crippen molar-refractivity contribution in [3.63, 3.8) is 0 Å². The highest BCUT2D eigenvalue weighted by molar-refractivity contribution is 5.65. The van der Waals surface area contributed by atoms with Crippen LogP contribution < -0.4 is 5.32 Å². The third-order valence-electron chi connectivity index (χ3n) is 1.02. The van der Waals surface area contributed by atoms with Crippen LogP contribution in [-0.4, -0.2) is 31.6 Å². The van der Waals surface area contributed by atoms with Crippen LogP contribution in [-0.2, 0) is 9.53 Å². The normalized spacial score (nSPS) is 11.3. The van der Waals surface area contributed by atoms with Crippen LogP contribution in [0.25, 0.3) is 0 Å². The molecule has 0 aromatic heterocycles. The van der Waals surface area contributed by atoms with Gasteiger partial charge in [-0.3, -0.25) is 4.79 Å². The van der Waals surface area contributed by atoms with Gasteiger partial charge in [0, 0.05) is 20.4 Å². The number of hydrogen-bond acceptors (Lipinski definition) is 3. The van der Waals surface area contributed by atoms with Crippen LogP contribution in [0.5, 0.6) is 0 Å². The van der Waals surface area contributed by atoms with Crippen molar-refractivity contribution in [3.05, 3.63) is 0 Å². The first kappa shape index (κ1) is 11.3. The van der Waals surface area contributed by atoms with Crippen molar-refractivity contribution in [2.45, 2.75) is 19.8 Å². The second-order valence-electron chi connectivity index (χ2n) is 2.59. The Bertz CT molecular complexity index is 145. The molecule has 3 nitrogen and oxygen atoms in total. The number of nitrogens with one attached hydrogen (secondary N) is 1. The number of carbonyl (C=O) groups is 1. The Balaban J connectivity index is 3.17. The van der Waals surface area contributed by atoms with E-state index in [4.69, 9.17) is 0 Å². The van der Waals surface area contributed by atoms with E-state index in [0.717, 1.165) is 6.92 Å². The van der Waals surface area contributed by atoms with Crippen LogP contribution in [0.3, 0.4) is 0 Å². The minimum atomic E-state index is -2.71. The average molecular weight is 181 g/mol. The Morgan fingerprint density at radius 3 is 2.58 bits per heavy atom. The summed E-state index contributed by atoms with van der Waals surface area (Å²) in [5.74, 6) is -3.11.